The third-order valence-electron chi connectivity index (χ3n) is 9.42. The fourth-order valence-electron chi connectivity index (χ4n) is 8.41. The number of aliphatic hydroxyl groups is 2. The summed E-state index contributed by atoms with van der Waals surface area (Å²) in [5.74, 6) is -1.90. The van der Waals surface area contributed by atoms with Crippen molar-refractivity contribution in [2.45, 2.75) is 89.6 Å². The van der Waals surface area contributed by atoms with Gasteiger partial charge in [-0.3, -0.25) is 9.59 Å². The molecule has 0 aromatic rings. The van der Waals surface area contributed by atoms with E-state index in [2.05, 4.69) is 0 Å². The summed E-state index contributed by atoms with van der Waals surface area (Å²) in [6.45, 7) is 6.78. The van der Waals surface area contributed by atoms with E-state index in [-0.39, 0.29) is 30.0 Å². The Labute approximate surface area is 182 Å². The van der Waals surface area contributed by atoms with Crippen LogP contribution in [0.4, 0.5) is 4.39 Å². The zero-order chi connectivity index (χ0) is 22.6. The molecule has 0 aromatic carbocycles. The highest BCUT2D eigenvalue weighted by molar-refractivity contribution is 5.92. The van der Waals surface area contributed by atoms with Crippen LogP contribution in [0.25, 0.3) is 0 Å². The van der Waals surface area contributed by atoms with E-state index in [1.165, 1.54) is 6.08 Å². The number of rotatable bonds is 2. The SMILES string of the molecule is CC1(C)O[C@@H]2C[C@@H]3[C@@H]4C[C@H](F)C5=CC(=O)CC[C@]5(C)[C@@H]4[C@H](O)C[C@@]3(C)[C@]2(C(=O)CO)O1. The van der Waals surface area contributed by atoms with Crippen molar-refractivity contribution in [2.75, 3.05) is 6.61 Å². The standard InChI is InChI=1S/C24H33FO6/c1-21(2)30-19-9-14-13-8-16(25)15-7-12(27)5-6-22(15,3)20(13)17(28)10-23(14,4)24(19,31-21)18(29)11-26/h7,13-14,16-17,19-20,26,28H,5-6,8-11H2,1-4H3/t13-,14+,16-,17+,19+,20-,22-,23+,24+/m0/s1. The first-order chi connectivity index (χ1) is 14.4. The van der Waals surface area contributed by atoms with Crippen LogP contribution in [0.5, 0.6) is 0 Å². The zero-order valence-electron chi connectivity index (χ0n) is 18.7. The first-order valence-electron chi connectivity index (χ1n) is 11.5. The molecule has 2 N–H and O–H groups in total. The van der Waals surface area contributed by atoms with Crippen molar-refractivity contribution >= 4 is 11.6 Å². The molecule has 0 unspecified atom stereocenters. The van der Waals surface area contributed by atoms with E-state index in [0.717, 1.165) is 0 Å². The van der Waals surface area contributed by atoms with Crippen LogP contribution in [0.15, 0.2) is 11.6 Å². The van der Waals surface area contributed by atoms with Crippen LogP contribution in [-0.4, -0.2) is 58.2 Å². The normalized spacial score (nSPS) is 52.6. The van der Waals surface area contributed by atoms with Gasteiger partial charge in [0.1, 0.15) is 12.8 Å². The van der Waals surface area contributed by atoms with Crippen molar-refractivity contribution in [1.82, 2.24) is 0 Å². The average molecular weight is 437 g/mol. The highest BCUT2D eigenvalue weighted by Crippen LogP contribution is 2.70. The first kappa shape index (κ1) is 21.7. The summed E-state index contributed by atoms with van der Waals surface area (Å²) in [5.41, 5.74) is -2.19. The predicted molar refractivity (Wildman–Crippen MR) is 109 cm³/mol. The van der Waals surface area contributed by atoms with Gasteiger partial charge in [0, 0.05) is 11.8 Å². The smallest absolute Gasteiger partial charge is 0.193 e. The van der Waals surface area contributed by atoms with Crippen LogP contribution in [0.1, 0.15) is 59.8 Å². The second kappa shape index (κ2) is 6.46. The first-order valence-corrected chi connectivity index (χ1v) is 11.5. The third-order valence-corrected chi connectivity index (χ3v) is 9.42. The number of allylic oxidation sites excluding steroid dienone is 1. The van der Waals surface area contributed by atoms with Crippen LogP contribution in [-0.2, 0) is 19.1 Å². The third kappa shape index (κ3) is 2.58. The number of fused-ring (bicyclic) bond motifs is 7. The van der Waals surface area contributed by atoms with Crippen molar-refractivity contribution < 1.29 is 33.7 Å². The van der Waals surface area contributed by atoms with Gasteiger partial charge in [0.05, 0.1) is 12.2 Å². The van der Waals surface area contributed by atoms with Gasteiger partial charge in [-0.25, -0.2) is 4.39 Å². The molecule has 31 heavy (non-hydrogen) atoms. The number of hydrogen-bond donors (Lipinski definition) is 2. The molecule has 0 amide bonds. The Morgan fingerprint density at radius 3 is 2.65 bits per heavy atom. The quantitative estimate of drug-likeness (QED) is 0.691. The number of hydrogen-bond acceptors (Lipinski definition) is 6. The second-order valence-corrected chi connectivity index (χ2v) is 11.3. The highest BCUT2D eigenvalue weighted by atomic mass is 19.1. The zero-order valence-corrected chi connectivity index (χ0v) is 18.7. The molecule has 0 radical (unpaired) electrons. The minimum Gasteiger partial charge on any atom is -0.393 e. The maximum Gasteiger partial charge on any atom is 0.193 e. The number of carbonyl (C=O) groups is 2. The number of carbonyl (C=O) groups excluding carboxylic acids is 2. The number of alkyl halides is 1. The summed E-state index contributed by atoms with van der Waals surface area (Å²) < 4.78 is 27.9. The van der Waals surface area contributed by atoms with Gasteiger partial charge in [-0.1, -0.05) is 13.8 Å². The molecule has 0 bridgehead atoms. The second-order valence-electron chi connectivity index (χ2n) is 11.3. The van der Waals surface area contributed by atoms with E-state index >= 15 is 4.39 Å². The molecule has 5 aliphatic rings. The molecular weight excluding hydrogens is 403 g/mol. The average Bonchev–Trinajstić information content (AvgIpc) is 3.08. The highest BCUT2D eigenvalue weighted by Gasteiger charge is 2.77. The monoisotopic (exact) mass is 436 g/mol. The van der Waals surface area contributed by atoms with Crippen LogP contribution < -0.4 is 0 Å². The predicted octanol–water partition coefficient (Wildman–Crippen LogP) is 2.50. The Balaban J connectivity index is 1.61. The van der Waals surface area contributed by atoms with Crippen molar-refractivity contribution in [3.05, 3.63) is 11.6 Å². The summed E-state index contributed by atoms with van der Waals surface area (Å²) in [4.78, 5) is 25.2. The lowest BCUT2D eigenvalue weighted by Crippen LogP contribution is -2.64. The van der Waals surface area contributed by atoms with Crippen molar-refractivity contribution in [3.63, 3.8) is 0 Å². The molecule has 6 nitrogen and oxygen atoms in total. The Bertz CT molecular complexity index is 868. The molecule has 7 heteroatoms. The Morgan fingerprint density at radius 1 is 1.26 bits per heavy atom. The van der Waals surface area contributed by atoms with Crippen molar-refractivity contribution in [3.8, 4) is 0 Å². The van der Waals surface area contributed by atoms with Crippen molar-refractivity contribution in [1.29, 1.82) is 0 Å². The van der Waals surface area contributed by atoms with Crippen molar-refractivity contribution in [2.24, 2.45) is 28.6 Å². The molecule has 3 saturated carbocycles. The number of Topliss-reactive ketones (excluding diaryl/α,β-unsaturated/α-hetero) is 1. The molecule has 4 aliphatic carbocycles. The fourth-order valence-corrected chi connectivity index (χ4v) is 8.41. The van der Waals surface area contributed by atoms with Crippen LogP contribution in [0.3, 0.4) is 0 Å². The van der Waals surface area contributed by atoms with Gasteiger partial charge in [0.15, 0.2) is 23.0 Å². The van der Waals surface area contributed by atoms with Crippen LogP contribution in [0.2, 0.25) is 0 Å². The Hall–Kier alpha value is -1.15. The lowest BCUT2D eigenvalue weighted by molar-refractivity contribution is -0.228. The minimum atomic E-state index is -1.35. The molecule has 4 fully saturated rings. The Kier molecular flexibility index (Phi) is 4.52. The van der Waals surface area contributed by atoms with E-state index in [0.29, 0.717) is 31.3 Å². The maximum absolute atomic E-state index is 15.5. The largest absolute Gasteiger partial charge is 0.393 e. The van der Waals surface area contributed by atoms with Gasteiger partial charge in [-0.15, -0.1) is 0 Å². The summed E-state index contributed by atoms with van der Waals surface area (Å²) >= 11 is 0. The van der Waals surface area contributed by atoms with Gasteiger partial charge in [-0.2, -0.15) is 0 Å². The van der Waals surface area contributed by atoms with Crippen LogP contribution >= 0.6 is 0 Å². The van der Waals surface area contributed by atoms with E-state index in [1.54, 1.807) is 13.8 Å². The van der Waals surface area contributed by atoms with Gasteiger partial charge < -0.3 is 19.7 Å². The molecule has 9 atom stereocenters. The summed E-state index contributed by atoms with van der Waals surface area (Å²) in [6.07, 6.45) is 0.872. The number of aliphatic hydroxyl groups excluding tert-OH is 2. The molecule has 1 saturated heterocycles. The Morgan fingerprint density at radius 2 is 1.97 bits per heavy atom. The summed E-state index contributed by atoms with van der Waals surface area (Å²) in [5, 5.41) is 21.3. The lowest BCUT2D eigenvalue weighted by Gasteiger charge is -2.61. The molecule has 0 spiro atoms. The van der Waals surface area contributed by atoms with Gasteiger partial charge in [0.2, 0.25) is 0 Å². The molecule has 5 rings (SSSR count). The van der Waals surface area contributed by atoms with E-state index < -0.39 is 53.0 Å². The van der Waals surface area contributed by atoms with E-state index in [4.69, 9.17) is 9.47 Å². The minimum absolute atomic E-state index is 0.0457. The number of ether oxygens (including phenoxy) is 2. The molecule has 0 aromatic heterocycles. The lowest BCUT2D eigenvalue weighted by atomic mass is 9.45. The molecular formula is C24H33FO6. The number of halogens is 1. The summed E-state index contributed by atoms with van der Waals surface area (Å²) in [7, 11) is 0. The topological polar surface area (TPSA) is 93.1 Å². The van der Waals surface area contributed by atoms with Gasteiger partial charge >= 0.3 is 0 Å². The molecule has 1 aliphatic heterocycles. The molecule has 172 valence electrons. The van der Waals surface area contributed by atoms with E-state index in [1.807, 2.05) is 13.8 Å². The van der Waals surface area contributed by atoms with Gasteiger partial charge in [0.25, 0.3) is 0 Å². The van der Waals surface area contributed by atoms with Crippen LogP contribution in [0, 0.1) is 28.6 Å². The number of ketones is 2. The fraction of sp³-hybridized carbons (Fsp3) is 0.833. The van der Waals surface area contributed by atoms with E-state index in [9.17, 15) is 19.8 Å². The summed E-state index contributed by atoms with van der Waals surface area (Å²) in [6, 6.07) is 0. The molecule has 1 heterocycles. The maximum atomic E-state index is 15.5. The van der Waals surface area contributed by atoms with Gasteiger partial charge in [-0.05, 0) is 74.3 Å².